The Bertz CT molecular complexity index is 1120. The van der Waals surface area contributed by atoms with Gasteiger partial charge in [-0.25, -0.2) is 9.36 Å². The van der Waals surface area contributed by atoms with Crippen LogP contribution >= 0.6 is 27.2 Å². The van der Waals surface area contributed by atoms with Crippen molar-refractivity contribution in [1.82, 2.24) is 16.0 Å². The molecule has 20 nitrogen and oxygen atoms in total. The van der Waals surface area contributed by atoms with Gasteiger partial charge >= 0.3 is 21.4 Å². The zero-order valence-electron chi connectivity index (χ0n) is 31.8. The van der Waals surface area contributed by atoms with E-state index in [9.17, 15) is 33.6 Å². The van der Waals surface area contributed by atoms with E-state index in [2.05, 4.69) is 16.0 Å². The number of hydrogen-bond donors (Lipinski definition) is 6. The van der Waals surface area contributed by atoms with Gasteiger partial charge in [0.15, 0.2) is 6.79 Å². The molecule has 6 unspecified atom stereocenters. The van der Waals surface area contributed by atoms with E-state index in [4.69, 9.17) is 46.7 Å². The number of thioether (sulfide) groups is 1. The SMILES string of the molecule is CCCP(=O)(O)OCCOCCOCCOCCOCCOCCOCOP(=O)(O)OC(CO)COCCCNC(=O)CCCCC1SCC2NC(=O)NC21. The van der Waals surface area contributed by atoms with E-state index >= 15 is 0 Å². The highest BCUT2D eigenvalue weighted by molar-refractivity contribution is 8.00. The van der Waals surface area contributed by atoms with Crippen LogP contribution in [0.1, 0.15) is 45.4 Å². The van der Waals surface area contributed by atoms with Crippen LogP contribution in [0, 0.1) is 0 Å². The lowest BCUT2D eigenvalue weighted by Gasteiger charge is -2.19. The van der Waals surface area contributed by atoms with Gasteiger partial charge in [0.2, 0.25) is 5.91 Å². The second kappa shape index (κ2) is 31.0. The average molecular weight is 856 g/mol. The highest BCUT2D eigenvalue weighted by Gasteiger charge is 2.42. The molecule has 324 valence electrons. The number of phosphoric acid groups is 1. The molecule has 2 rings (SSSR count). The monoisotopic (exact) mass is 855 g/mol. The number of unbranched alkanes of at least 4 members (excludes halogenated alkanes) is 1. The van der Waals surface area contributed by atoms with Crippen molar-refractivity contribution in [2.24, 2.45) is 0 Å². The van der Waals surface area contributed by atoms with Gasteiger partial charge in [-0.05, 0) is 25.7 Å². The predicted octanol–water partition coefficient (Wildman–Crippen LogP) is 1.40. The molecule has 0 radical (unpaired) electrons. The number of ether oxygens (including phenoxy) is 7. The number of phosphoric ester groups is 1. The van der Waals surface area contributed by atoms with Crippen LogP contribution in [-0.4, -0.2) is 175 Å². The molecule has 6 N–H and O–H groups in total. The number of rotatable bonds is 38. The molecule has 0 aliphatic carbocycles. The van der Waals surface area contributed by atoms with Crippen molar-refractivity contribution in [2.45, 2.75) is 68.9 Å². The standard InChI is InChI=1S/C32H63N3O17P2S/c1-2-22-53(39,40)50-21-20-47-17-16-45-13-12-43-10-11-44-14-15-46-18-19-49-26-51-54(41,42)52-27(23-36)24-48-9-5-8-33-30(37)7-4-3-6-29-31-28(25-55-29)34-32(38)35-31/h27-29,31,36H,2-26H2,1H3,(H,33,37)(H,39,40)(H,41,42)(H2,34,35,38). The van der Waals surface area contributed by atoms with E-state index in [-0.39, 0.29) is 69.8 Å². The van der Waals surface area contributed by atoms with Crippen LogP contribution in [0.3, 0.4) is 0 Å². The summed E-state index contributed by atoms with van der Waals surface area (Å²) < 4.78 is 75.7. The van der Waals surface area contributed by atoms with Crippen LogP contribution in [-0.2, 0) is 60.7 Å². The molecule has 3 amide bonds. The van der Waals surface area contributed by atoms with Gasteiger partial charge in [0.05, 0.1) is 105 Å². The van der Waals surface area contributed by atoms with Crippen LogP contribution in [0.15, 0.2) is 0 Å². The predicted molar refractivity (Wildman–Crippen MR) is 201 cm³/mol. The molecule has 0 aromatic heterocycles. The molecule has 2 aliphatic heterocycles. The number of nitrogens with one attached hydrogen (secondary N) is 3. The first-order valence-electron chi connectivity index (χ1n) is 18.8. The van der Waals surface area contributed by atoms with E-state index in [0.29, 0.717) is 83.9 Å². The van der Waals surface area contributed by atoms with Crippen molar-refractivity contribution in [2.75, 3.05) is 124 Å². The lowest BCUT2D eigenvalue weighted by Crippen LogP contribution is -2.36. The summed E-state index contributed by atoms with van der Waals surface area (Å²) in [5, 5.41) is 18.6. The fraction of sp³-hybridized carbons (Fsp3) is 0.938. The van der Waals surface area contributed by atoms with Crippen LogP contribution in [0.5, 0.6) is 0 Å². The summed E-state index contributed by atoms with van der Waals surface area (Å²) in [6.45, 7) is 4.64. The topological polar surface area (TPSA) is 257 Å². The number of aliphatic hydroxyl groups excluding tert-OH is 1. The number of urea groups is 1. The Morgan fingerprint density at radius 1 is 0.818 bits per heavy atom. The van der Waals surface area contributed by atoms with Crippen LogP contribution < -0.4 is 16.0 Å². The lowest BCUT2D eigenvalue weighted by atomic mass is 10.0. The van der Waals surface area contributed by atoms with Crippen LogP contribution in [0.25, 0.3) is 0 Å². The fourth-order valence-corrected chi connectivity index (χ4v) is 8.53. The van der Waals surface area contributed by atoms with E-state index in [1.807, 2.05) is 18.7 Å². The minimum Gasteiger partial charge on any atom is -0.394 e. The fourth-order valence-electron chi connectivity index (χ4n) is 5.16. The van der Waals surface area contributed by atoms with Crippen molar-refractivity contribution in [1.29, 1.82) is 0 Å². The Morgan fingerprint density at radius 3 is 2.02 bits per heavy atom. The normalized spacial score (nSPS) is 20.7. The summed E-state index contributed by atoms with van der Waals surface area (Å²) >= 11 is 1.86. The third-order valence-corrected chi connectivity index (χ3v) is 11.9. The zero-order valence-corrected chi connectivity index (χ0v) is 34.5. The summed E-state index contributed by atoms with van der Waals surface area (Å²) in [5.41, 5.74) is 0. The number of fused-ring (bicyclic) bond motifs is 1. The maximum Gasteiger partial charge on any atom is 0.474 e. The van der Waals surface area contributed by atoms with Gasteiger partial charge < -0.3 is 68.5 Å². The summed E-state index contributed by atoms with van der Waals surface area (Å²) in [4.78, 5) is 43.0. The first-order valence-corrected chi connectivity index (χ1v) is 23.1. The number of amides is 3. The van der Waals surface area contributed by atoms with Gasteiger partial charge in [-0.3, -0.25) is 18.4 Å². The Hall–Kier alpha value is -0.970. The molecule has 0 bridgehead atoms. The minimum absolute atomic E-state index is 0.0469. The van der Waals surface area contributed by atoms with E-state index in [1.165, 1.54) is 0 Å². The average Bonchev–Trinajstić information content (AvgIpc) is 3.70. The Labute approximate surface area is 328 Å². The molecule has 2 heterocycles. The van der Waals surface area contributed by atoms with Gasteiger partial charge in [0.25, 0.3) is 0 Å². The molecule has 2 aliphatic rings. The lowest BCUT2D eigenvalue weighted by molar-refractivity contribution is -0.121. The smallest absolute Gasteiger partial charge is 0.394 e. The van der Waals surface area contributed by atoms with Gasteiger partial charge in [-0.2, -0.15) is 11.8 Å². The molecular formula is C32H63N3O17P2S. The minimum atomic E-state index is -4.52. The maximum absolute atomic E-state index is 12.2. The highest BCUT2D eigenvalue weighted by Crippen LogP contribution is 2.44. The Morgan fingerprint density at radius 2 is 1.42 bits per heavy atom. The third-order valence-electron chi connectivity index (χ3n) is 7.84. The molecule has 23 heteroatoms. The molecule has 0 spiro atoms. The number of hydrogen-bond acceptors (Lipinski definition) is 16. The second-order valence-electron chi connectivity index (χ2n) is 12.4. The van der Waals surface area contributed by atoms with E-state index < -0.39 is 34.9 Å². The molecule has 2 fully saturated rings. The summed E-state index contributed by atoms with van der Waals surface area (Å²) in [5.74, 6) is 0.867. The second-order valence-corrected chi connectivity index (χ2v) is 17.1. The Kier molecular flexibility index (Phi) is 28.3. The van der Waals surface area contributed by atoms with E-state index in [0.717, 1.165) is 25.0 Å². The first-order chi connectivity index (χ1) is 26.5. The summed E-state index contributed by atoms with van der Waals surface area (Å²) in [6, 6.07) is 0.268. The molecule has 0 saturated carbocycles. The molecular weight excluding hydrogens is 792 g/mol. The molecule has 2 saturated heterocycles. The quantitative estimate of drug-likeness (QED) is 0.0222. The Balaban J connectivity index is 1.30. The van der Waals surface area contributed by atoms with Gasteiger partial charge in [-0.1, -0.05) is 13.3 Å². The van der Waals surface area contributed by atoms with Crippen molar-refractivity contribution in [3.8, 4) is 0 Å². The first kappa shape index (κ1) is 50.2. The third kappa shape index (κ3) is 25.9. The molecule has 0 aromatic rings. The molecule has 0 aromatic carbocycles. The van der Waals surface area contributed by atoms with Crippen LogP contribution in [0.4, 0.5) is 4.79 Å². The molecule has 6 atom stereocenters. The number of carbonyl (C=O) groups excluding carboxylic acids is 2. The number of aliphatic hydroxyl groups is 1. The van der Waals surface area contributed by atoms with Crippen molar-refractivity contribution in [3.05, 3.63) is 0 Å². The van der Waals surface area contributed by atoms with Crippen LogP contribution in [0.2, 0.25) is 0 Å². The molecule has 55 heavy (non-hydrogen) atoms. The van der Waals surface area contributed by atoms with Crippen molar-refractivity contribution in [3.63, 3.8) is 0 Å². The van der Waals surface area contributed by atoms with Gasteiger partial charge in [0.1, 0.15) is 6.10 Å². The summed E-state index contributed by atoms with van der Waals surface area (Å²) in [6.07, 6.45) is 3.16. The van der Waals surface area contributed by atoms with Crippen molar-refractivity contribution < 1.29 is 80.3 Å². The maximum atomic E-state index is 12.2. The highest BCUT2D eigenvalue weighted by atomic mass is 32.2. The van der Waals surface area contributed by atoms with Gasteiger partial charge in [0, 0.05) is 36.7 Å². The summed E-state index contributed by atoms with van der Waals surface area (Å²) in [7, 11) is -8.02. The number of carbonyl (C=O) groups is 2. The van der Waals surface area contributed by atoms with Crippen molar-refractivity contribution >= 4 is 39.1 Å². The van der Waals surface area contributed by atoms with E-state index in [1.54, 1.807) is 0 Å². The zero-order chi connectivity index (χ0) is 40.0. The van der Waals surface area contributed by atoms with Gasteiger partial charge in [-0.15, -0.1) is 0 Å². The largest absolute Gasteiger partial charge is 0.474 e.